The summed E-state index contributed by atoms with van der Waals surface area (Å²) >= 11 is 0. The molecule has 0 aromatic heterocycles. The second-order valence-electron chi connectivity index (χ2n) is 3.20. The Morgan fingerprint density at radius 1 is 1.62 bits per heavy atom. The van der Waals surface area contributed by atoms with Crippen molar-refractivity contribution in [3.63, 3.8) is 0 Å². The predicted molar refractivity (Wildman–Crippen MR) is 47.9 cm³/mol. The molecule has 1 unspecified atom stereocenters. The van der Waals surface area contributed by atoms with Gasteiger partial charge in [-0.25, -0.2) is 0 Å². The molecule has 13 heavy (non-hydrogen) atoms. The molecule has 0 aliphatic carbocycles. The monoisotopic (exact) mass is 185 g/mol. The van der Waals surface area contributed by atoms with E-state index in [4.69, 9.17) is 5.73 Å². The highest BCUT2D eigenvalue weighted by Gasteiger charge is 2.23. The number of rotatable bonds is 2. The average Bonchev–Trinajstić information content (AvgIpc) is 2.28. The van der Waals surface area contributed by atoms with Gasteiger partial charge in [0.1, 0.15) is 0 Å². The maximum absolute atomic E-state index is 11.4. The van der Waals surface area contributed by atoms with Gasteiger partial charge in [-0.3, -0.25) is 9.59 Å². The van der Waals surface area contributed by atoms with Crippen molar-refractivity contribution in [2.75, 3.05) is 19.6 Å². The molecule has 1 aliphatic heterocycles. The van der Waals surface area contributed by atoms with Gasteiger partial charge in [0.05, 0.1) is 6.54 Å². The molecule has 1 aliphatic rings. The third-order valence-electron chi connectivity index (χ3n) is 2.21. The summed E-state index contributed by atoms with van der Waals surface area (Å²) in [5.74, 6) is -0.121. The fourth-order valence-electron chi connectivity index (χ4n) is 1.30. The van der Waals surface area contributed by atoms with Gasteiger partial charge in [0, 0.05) is 25.6 Å². The van der Waals surface area contributed by atoms with Crippen LogP contribution in [0.3, 0.4) is 0 Å². The van der Waals surface area contributed by atoms with E-state index >= 15 is 0 Å². The van der Waals surface area contributed by atoms with Crippen molar-refractivity contribution in [3.8, 4) is 0 Å². The van der Waals surface area contributed by atoms with E-state index in [9.17, 15) is 9.59 Å². The van der Waals surface area contributed by atoms with Crippen molar-refractivity contribution in [3.05, 3.63) is 0 Å². The lowest BCUT2D eigenvalue weighted by molar-refractivity contribution is -0.131. The van der Waals surface area contributed by atoms with Crippen LogP contribution in [0.2, 0.25) is 0 Å². The number of amides is 2. The molecule has 3 N–H and O–H groups in total. The molecule has 1 heterocycles. The van der Waals surface area contributed by atoms with Crippen LogP contribution >= 0.6 is 0 Å². The van der Waals surface area contributed by atoms with Crippen LogP contribution in [-0.4, -0.2) is 42.4 Å². The third-order valence-corrected chi connectivity index (χ3v) is 2.21. The zero-order chi connectivity index (χ0) is 9.84. The summed E-state index contributed by atoms with van der Waals surface area (Å²) in [6.07, 6.45) is 0.371. The summed E-state index contributed by atoms with van der Waals surface area (Å²) in [6.45, 7) is 2.89. The average molecular weight is 185 g/mol. The summed E-state index contributed by atoms with van der Waals surface area (Å²) in [5, 5.41) is 2.53. The van der Waals surface area contributed by atoms with E-state index in [2.05, 4.69) is 5.32 Å². The summed E-state index contributed by atoms with van der Waals surface area (Å²) in [5.41, 5.74) is 5.45. The molecule has 0 radical (unpaired) electrons. The summed E-state index contributed by atoms with van der Waals surface area (Å²) in [6, 6.07) is 0.0141. The minimum atomic E-state index is -0.0694. The van der Waals surface area contributed by atoms with Crippen molar-refractivity contribution >= 4 is 11.8 Å². The van der Waals surface area contributed by atoms with E-state index in [-0.39, 0.29) is 24.4 Å². The van der Waals surface area contributed by atoms with Crippen LogP contribution in [0.25, 0.3) is 0 Å². The third kappa shape index (κ3) is 2.42. The number of nitrogens with zero attached hydrogens (tertiary/aromatic N) is 1. The minimum Gasteiger partial charge on any atom is -0.347 e. The summed E-state index contributed by atoms with van der Waals surface area (Å²) in [7, 11) is 0. The van der Waals surface area contributed by atoms with Gasteiger partial charge in [0.2, 0.25) is 11.8 Å². The molecule has 74 valence electrons. The number of hydrogen-bond donors (Lipinski definition) is 2. The molecule has 0 saturated carbocycles. The Morgan fingerprint density at radius 2 is 2.31 bits per heavy atom. The number of carbonyl (C=O) groups is 2. The van der Waals surface area contributed by atoms with Gasteiger partial charge in [-0.15, -0.1) is 0 Å². The van der Waals surface area contributed by atoms with Crippen molar-refractivity contribution in [1.82, 2.24) is 10.2 Å². The van der Waals surface area contributed by atoms with Crippen LogP contribution in [0, 0.1) is 0 Å². The van der Waals surface area contributed by atoms with Crippen molar-refractivity contribution in [2.24, 2.45) is 5.73 Å². The molecule has 0 bridgehead atoms. The predicted octanol–water partition coefficient (Wildman–Crippen LogP) is -1.32. The number of nitrogens with two attached hydrogens (primary N) is 1. The topological polar surface area (TPSA) is 75.4 Å². The highest BCUT2D eigenvalue weighted by molar-refractivity contribution is 5.87. The van der Waals surface area contributed by atoms with Crippen LogP contribution in [-0.2, 0) is 9.59 Å². The lowest BCUT2D eigenvalue weighted by Crippen LogP contribution is -2.44. The molecule has 1 rings (SSSR count). The van der Waals surface area contributed by atoms with Crippen LogP contribution in [0.4, 0.5) is 0 Å². The number of hydrogen-bond acceptors (Lipinski definition) is 3. The molecule has 1 atom stereocenters. The van der Waals surface area contributed by atoms with Crippen molar-refractivity contribution < 1.29 is 9.59 Å². The van der Waals surface area contributed by atoms with Gasteiger partial charge in [0.15, 0.2) is 0 Å². The number of carbonyl (C=O) groups excluding carboxylic acids is 2. The quantitative estimate of drug-likeness (QED) is 0.560. The standard InChI is InChI=1S/C8H15N3O2/c1-6(4-9)11-3-2-7(12)10-5-8(11)13/h6H,2-5,9H2,1H3,(H,10,12). The van der Waals surface area contributed by atoms with Crippen molar-refractivity contribution in [1.29, 1.82) is 0 Å². The second-order valence-corrected chi connectivity index (χ2v) is 3.20. The largest absolute Gasteiger partial charge is 0.347 e. The molecule has 5 nitrogen and oxygen atoms in total. The van der Waals surface area contributed by atoms with Crippen LogP contribution < -0.4 is 11.1 Å². The first kappa shape index (κ1) is 9.98. The highest BCUT2D eigenvalue weighted by Crippen LogP contribution is 2.02. The molecule has 1 fully saturated rings. The summed E-state index contributed by atoms with van der Waals surface area (Å²) < 4.78 is 0. The zero-order valence-electron chi connectivity index (χ0n) is 7.75. The fourth-order valence-corrected chi connectivity index (χ4v) is 1.30. The Kier molecular flexibility index (Phi) is 3.25. The molecule has 1 saturated heterocycles. The first-order chi connectivity index (χ1) is 6.15. The Labute approximate surface area is 77.3 Å². The van der Waals surface area contributed by atoms with E-state index in [0.29, 0.717) is 19.5 Å². The molecule has 0 spiro atoms. The minimum absolute atomic E-state index is 0.0141. The Hall–Kier alpha value is -1.10. The molecule has 2 amide bonds. The van der Waals surface area contributed by atoms with Gasteiger partial charge in [0.25, 0.3) is 0 Å². The van der Waals surface area contributed by atoms with Crippen LogP contribution in [0.15, 0.2) is 0 Å². The Balaban J connectivity index is 2.62. The maximum atomic E-state index is 11.4. The van der Waals surface area contributed by atoms with Crippen molar-refractivity contribution in [2.45, 2.75) is 19.4 Å². The van der Waals surface area contributed by atoms with Crippen LogP contribution in [0.1, 0.15) is 13.3 Å². The lowest BCUT2D eigenvalue weighted by atomic mass is 10.2. The molecular weight excluding hydrogens is 170 g/mol. The fraction of sp³-hybridized carbons (Fsp3) is 0.750. The van der Waals surface area contributed by atoms with Gasteiger partial charge in [-0.05, 0) is 6.92 Å². The molecular formula is C8H15N3O2. The normalized spacial score (nSPS) is 20.9. The molecule has 0 aromatic carbocycles. The first-order valence-corrected chi connectivity index (χ1v) is 4.41. The number of nitrogens with one attached hydrogen (secondary N) is 1. The van der Waals surface area contributed by atoms with E-state index in [1.54, 1.807) is 4.90 Å². The Morgan fingerprint density at radius 3 is 2.92 bits per heavy atom. The highest BCUT2D eigenvalue weighted by atomic mass is 16.2. The van der Waals surface area contributed by atoms with Gasteiger partial charge in [-0.1, -0.05) is 0 Å². The van der Waals surface area contributed by atoms with Gasteiger partial charge < -0.3 is 16.0 Å². The smallest absolute Gasteiger partial charge is 0.242 e. The SMILES string of the molecule is CC(CN)N1CCC(=O)NCC1=O. The molecule has 0 aromatic rings. The summed E-state index contributed by atoms with van der Waals surface area (Å²) in [4.78, 5) is 24.0. The van der Waals surface area contributed by atoms with Crippen LogP contribution in [0.5, 0.6) is 0 Å². The first-order valence-electron chi connectivity index (χ1n) is 4.41. The van der Waals surface area contributed by atoms with E-state index in [1.165, 1.54) is 0 Å². The van der Waals surface area contributed by atoms with E-state index in [0.717, 1.165) is 0 Å². The lowest BCUT2D eigenvalue weighted by Gasteiger charge is -2.25. The van der Waals surface area contributed by atoms with Gasteiger partial charge in [-0.2, -0.15) is 0 Å². The van der Waals surface area contributed by atoms with E-state index in [1.807, 2.05) is 6.92 Å². The van der Waals surface area contributed by atoms with E-state index < -0.39 is 0 Å². The maximum Gasteiger partial charge on any atom is 0.242 e. The molecule has 5 heteroatoms. The second kappa shape index (κ2) is 4.23. The zero-order valence-corrected chi connectivity index (χ0v) is 7.75. The van der Waals surface area contributed by atoms with Gasteiger partial charge >= 0.3 is 0 Å². The Bertz CT molecular complexity index is 217.